The molecule has 0 saturated carbocycles. The highest BCUT2D eigenvalue weighted by Gasteiger charge is 2.39. The molecule has 108 valence electrons. The second kappa shape index (κ2) is 6.17. The topological polar surface area (TPSA) is 66.5 Å². The van der Waals surface area contributed by atoms with Crippen LogP contribution in [0.5, 0.6) is 0 Å². The molecule has 2 amide bonds. The molecule has 0 spiro atoms. The van der Waals surface area contributed by atoms with E-state index in [1.54, 1.807) is 11.8 Å². The molecule has 0 aromatic rings. The van der Waals surface area contributed by atoms with E-state index in [4.69, 9.17) is 0 Å². The molecule has 1 fully saturated rings. The van der Waals surface area contributed by atoms with E-state index in [0.29, 0.717) is 19.4 Å². The Hall–Kier alpha value is -1.39. The standard InChI is InChI=1S/C14H24N2O3/c1-5-11(18)15-12(14(2,3)4)13(19)16-8-6-7-10(16)9-17/h9-10,12H,5-8H2,1-4H3,(H,15,18). The number of likely N-dealkylation sites (tertiary alicyclic amines) is 1. The van der Waals surface area contributed by atoms with Crippen molar-refractivity contribution in [3.63, 3.8) is 0 Å². The lowest BCUT2D eigenvalue weighted by molar-refractivity contribution is -0.141. The number of amides is 2. The van der Waals surface area contributed by atoms with Crippen LogP contribution < -0.4 is 5.32 Å². The first-order chi connectivity index (χ1) is 8.81. The number of carbonyl (C=O) groups is 3. The lowest BCUT2D eigenvalue weighted by Crippen LogP contribution is -2.55. The van der Waals surface area contributed by atoms with Gasteiger partial charge in [0.25, 0.3) is 0 Å². The van der Waals surface area contributed by atoms with E-state index in [2.05, 4.69) is 5.32 Å². The van der Waals surface area contributed by atoms with Crippen LogP contribution in [0.2, 0.25) is 0 Å². The van der Waals surface area contributed by atoms with Crippen molar-refractivity contribution in [2.45, 2.75) is 59.0 Å². The Morgan fingerprint density at radius 2 is 2.05 bits per heavy atom. The van der Waals surface area contributed by atoms with Crippen molar-refractivity contribution in [2.24, 2.45) is 5.41 Å². The smallest absolute Gasteiger partial charge is 0.246 e. The Morgan fingerprint density at radius 1 is 1.42 bits per heavy atom. The average molecular weight is 268 g/mol. The van der Waals surface area contributed by atoms with Gasteiger partial charge >= 0.3 is 0 Å². The van der Waals surface area contributed by atoms with Crippen LogP contribution >= 0.6 is 0 Å². The van der Waals surface area contributed by atoms with E-state index in [1.807, 2.05) is 20.8 Å². The number of nitrogens with zero attached hydrogens (tertiary/aromatic N) is 1. The zero-order valence-corrected chi connectivity index (χ0v) is 12.2. The third-order valence-corrected chi connectivity index (χ3v) is 3.48. The SMILES string of the molecule is CCC(=O)NC(C(=O)N1CCCC1C=O)C(C)(C)C. The summed E-state index contributed by atoms with van der Waals surface area (Å²) in [5, 5.41) is 2.78. The van der Waals surface area contributed by atoms with Gasteiger partial charge in [-0.25, -0.2) is 0 Å². The van der Waals surface area contributed by atoms with Crippen molar-refractivity contribution in [3.8, 4) is 0 Å². The molecule has 1 heterocycles. The van der Waals surface area contributed by atoms with Crippen LogP contribution in [0.4, 0.5) is 0 Å². The van der Waals surface area contributed by atoms with Gasteiger partial charge < -0.3 is 15.0 Å². The van der Waals surface area contributed by atoms with E-state index < -0.39 is 6.04 Å². The summed E-state index contributed by atoms with van der Waals surface area (Å²) in [7, 11) is 0. The second-order valence-electron chi connectivity index (χ2n) is 6.10. The highest BCUT2D eigenvalue weighted by Crippen LogP contribution is 2.25. The largest absolute Gasteiger partial charge is 0.344 e. The van der Waals surface area contributed by atoms with E-state index in [0.717, 1.165) is 12.7 Å². The van der Waals surface area contributed by atoms with Gasteiger partial charge in [0.2, 0.25) is 11.8 Å². The van der Waals surface area contributed by atoms with Crippen LogP contribution in [-0.4, -0.2) is 41.6 Å². The number of hydrogen-bond acceptors (Lipinski definition) is 3. The van der Waals surface area contributed by atoms with Crippen molar-refractivity contribution in [3.05, 3.63) is 0 Å². The summed E-state index contributed by atoms with van der Waals surface area (Å²) >= 11 is 0. The fourth-order valence-corrected chi connectivity index (χ4v) is 2.29. The summed E-state index contributed by atoms with van der Waals surface area (Å²) in [6.45, 7) is 8.09. The van der Waals surface area contributed by atoms with Crippen LogP contribution in [0.15, 0.2) is 0 Å². The minimum Gasteiger partial charge on any atom is -0.344 e. The fraction of sp³-hybridized carbons (Fsp3) is 0.786. The molecule has 1 aliphatic rings. The fourth-order valence-electron chi connectivity index (χ4n) is 2.29. The highest BCUT2D eigenvalue weighted by molar-refractivity contribution is 5.90. The maximum absolute atomic E-state index is 12.6. The molecule has 0 aliphatic carbocycles. The Balaban J connectivity index is 2.88. The van der Waals surface area contributed by atoms with Crippen molar-refractivity contribution >= 4 is 18.1 Å². The van der Waals surface area contributed by atoms with Gasteiger partial charge in [0.1, 0.15) is 12.3 Å². The monoisotopic (exact) mass is 268 g/mol. The van der Waals surface area contributed by atoms with Crippen LogP contribution in [0.1, 0.15) is 47.0 Å². The highest BCUT2D eigenvalue weighted by atomic mass is 16.2. The maximum Gasteiger partial charge on any atom is 0.246 e. The van der Waals surface area contributed by atoms with Crippen LogP contribution in [0, 0.1) is 5.41 Å². The van der Waals surface area contributed by atoms with Crippen LogP contribution in [0.25, 0.3) is 0 Å². The number of carbonyl (C=O) groups excluding carboxylic acids is 3. The molecule has 5 nitrogen and oxygen atoms in total. The first-order valence-corrected chi connectivity index (χ1v) is 6.86. The molecule has 0 aromatic carbocycles. The van der Waals surface area contributed by atoms with Crippen LogP contribution in [0.3, 0.4) is 0 Å². The van der Waals surface area contributed by atoms with Crippen LogP contribution in [-0.2, 0) is 14.4 Å². The molecule has 1 rings (SSSR count). The molecule has 1 aliphatic heterocycles. The summed E-state index contributed by atoms with van der Waals surface area (Å²) in [4.78, 5) is 36.7. The third-order valence-electron chi connectivity index (χ3n) is 3.48. The maximum atomic E-state index is 12.6. The summed E-state index contributed by atoms with van der Waals surface area (Å²) in [6, 6.07) is -0.920. The molecule has 19 heavy (non-hydrogen) atoms. The van der Waals surface area contributed by atoms with E-state index >= 15 is 0 Å². The first-order valence-electron chi connectivity index (χ1n) is 6.86. The summed E-state index contributed by atoms with van der Waals surface area (Å²) in [5.74, 6) is -0.293. The van der Waals surface area contributed by atoms with Gasteiger partial charge in [0.05, 0.1) is 6.04 Å². The van der Waals surface area contributed by atoms with E-state index in [1.165, 1.54) is 0 Å². The zero-order chi connectivity index (χ0) is 14.6. The van der Waals surface area contributed by atoms with Gasteiger partial charge in [-0.2, -0.15) is 0 Å². The van der Waals surface area contributed by atoms with Crippen molar-refractivity contribution in [1.29, 1.82) is 0 Å². The quantitative estimate of drug-likeness (QED) is 0.777. The summed E-state index contributed by atoms with van der Waals surface area (Å²) < 4.78 is 0. The van der Waals surface area contributed by atoms with Gasteiger partial charge in [-0.05, 0) is 18.3 Å². The average Bonchev–Trinajstić information content (AvgIpc) is 2.81. The number of aldehydes is 1. The molecular weight excluding hydrogens is 244 g/mol. The molecule has 0 aromatic heterocycles. The van der Waals surface area contributed by atoms with E-state index in [9.17, 15) is 14.4 Å². The van der Waals surface area contributed by atoms with Crippen molar-refractivity contribution in [2.75, 3.05) is 6.54 Å². The van der Waals surface area contributed by atoms with Gasteiger partial charge in [0.15, 0.2) is 0 Å². The molecule has 1 N–H and O–H groups in total. The molecule has 0 bridgehead atoms. The first kappa shape index (κ1) is 15.7. The second-order valence-corrected chi connectivity index (χ2v) is 6.10. The Labute approximate surface area is 114 Å². The summed E-state index contributed by atoms with van der Waals surface area (Å²) in [6.07, 6.45) is 2.73. The minimum atomic E-state index is -0.583. The van der Waals surface area contributed by atoms with Gasteiger partial charge in [-0.3, -0.25) is 9.59 Å². The van der Waals surface area contributed by atoms with Gasteiger partial charge in [-0.1, -0.05) is 27.7 Å². The lowest BCUT2D eigenvalue weighted by Gasteiger charge is -2.34. The molecule has 2 atom stereocenters. The molecule has 1 saturated heterocycles. The Morgan fingerprint density at radius 3 is 2.53 bits per heavy atom. The van der Waals surface area contributed by atoms with Crippen molar-refractivity contribution < 1.29 is 14.4 Å². The number of rotatable bonds is 4. The lowest BCUT2D eigenvalue weighted by atomic mass is 9.85. The van der Waals surface area contributed by atoms with Gasteiger partial charge in [-0.15, -0.1) is 0 Å². The predicted octanol–water partition coefficient (Wildman–Crippen LogP) is 1.12. The molecule has 2 unspecified atom stereocenters. The molecule has 0 radical (unpaired) electrons. The van der Waals surface area contributed by atoms with Gasteiger partial charge in [0, 0.05) is 13.0 Å². The third kappa shape index (κ3) is 3.78. The molecular formula is C14H24N2O3. The zero-order valence-electron chi connectivity index (χ0n) is 12.2. The minimum absolute atomic E-state index is 0.143. The van der Waals surface area contributed by atoms with Crippen molar-refractivity contribution in [1.82, 2.24) is 10.2 Å². The molecule has 5 heteroatoms. The Kier molecular flexibility index (Phi) is 5.09. The predicted molar refractivity (Wildman–Crippen MR) is 72.5 cm³/mol. The van der Waals surface area contributed by atoms with E-state index in [-0.39, 0.29) is 23.3 Å². The Bertz CT molecular complexity index is 360. The number of hydrogen-bond donors (Lipinski definition) is 1. The normalized spacial score (nSPS) is 21.1. The summed E-state index contributed by atoms with van der Waals surface area (Å²) in [5.41, 5.74) is -0.377. The number of nitrogens with one attached hydrogen (secondary N) is 1.